The van der Waals surface area contributed by atoms with Gasteiger partial charge in [0.05, 0.1) is 0 Å². The second kappa shape index (κ2) is 6.10. The van der Waals surface area contributed by atoms with E-state index in [-0.39, 0.29) is 0 Å². The molecule has 2 N–H and O–H groups in total. The van der Waals surface area contributed by atoms with Crippen LogP contribution in [-0.4, -0.2) is 17.6 Å². The minimum Gasteiger partial charge on any atom is -0.478 e. The first kappa shape index (κ1) is 13.3. The van der Waals surface area contributed by atoms with E-state index >= 15 is 0 Å². The van der Waals surface area contributed by atoms with Crippen LogP contribution in [0.1, 0.15) is 6.92 Å². The monoisotopic (exact) mass is 351 g/mol. The normalized spacial score (nSPS) is 11.3. The van der Waals surface area contributed by atoms with Crippen LogP contribution in [0.3, 0.4) is 0 Å². The zero-order valence-electron chi connectivity index (χ0n) is 8.63. The summed E-state index contributed by atoms with van der Waals surface area (Å²) in [5, 5.41) is 12.4. The zero-order chi connectivity index (χ0) is 12.1. The molecular formula is C11H11ClINO2. The molecule has 0 fully saturated rings. The minimum absolute atomic E-state index is 0.504. The zero-order valence-corrected chi connectivity index (χ0v) is 11.5. The number of halogens is 2. The van der Waals surface area contributed by atoms with Gasteiger partial charge in [-0.3, -0.25) is 0 Å². The van der Waals surface area contributed by atoms with Crippen LogP contribution in [-0.2, 0) is 4.79 Å². The van der Waals surface area contributed by atoms with E-state index in [2.05, 4.69) is 27.9 Å². The summed E-state index contributed by atoms with van der Waals surface area (Å²) in [6.45, 7) is 2.27. The van der Waals surface area contributed by atoms with Gasteiger partial charge < -0.3 is 10.4 Å². The summed E-state index contributed by atoms with van der Waals surface area (Å²) < 4.78 is 1.01. The fraction of sp³-hybridized carbons (Fsp3) is 0.182. The van der Waals surface area contributed by atoms with Gasteiger partial charge in [0.1, 0.15) is 0 Å². The molecule has 1 rings (SSSR count). The van der Waals surface area contributed by atoms with E-state index in [1.54, 1.807) is 13.0 Å². The van der Waals surface area contributed by atoms with E-state index in [0.29, 0.717) is 11.6 Å². The van der Waals surface area contributed by atoms with Crippen molar-refractivity contribution in [1.82, 2.24) is 0 Å². The molecule has 0 aliphatic carbocycles. The van der Waals surface area contributed by atoms with E-state index in [0.717, 1.165) is 14.8 Å². The van der Waals surface area contributed by atoms with Crippen LogP contribution in [0.15, 0.2) is 29.8 Å². The van der Waals surface area contributed by atoms with Crippen molar-refractivity contribution in [2.45, 2.75) is 6.92 Å². The van der Waals surface area contributed by atoms with E-state index in [1.165, 1.54) is 6.08 Å². The van der Waals surface area contributed by atoms with Gasteiger partial charge in [-0.25, -0.2) is 4.79 Å². The first-order chi connectivity index (χ1) is 7.49. The largest absolute Gasteiger partial charge is 0.478 e. The van der Waals surface area contributed by atoms with Gasteiger partial charge in [-0.2, -0.15) is 0 Å². The van der Waals surface area contributed by atoms with Crippen molar-refractivity contribution in [2.75, 3.05) is 11.9 Å². The van der Waals surface area contributed by atoms with E-state index in [4.69, 9.17) is 16.7 Å². The first-order valence-corrected chi connectivity index (χ1v) is 6.03. The Morgan fingerprint density at radius 2 is 2.31 bits per heavy atom. The number of aliphatic carboxylic acids is 1. The van der Waals surface area contributed by atoms with Gasteiger partial charge in [0.25, 0.3) is 0 Å². The number of carboxylic acids is 1. The highest BCUT2D eigenvalue weighted by atomic mass is 127. The highest BCUT2D eigenvalue weighted by Gasteiger charge is 2.00. The Kier molecular flexibility index (Phi) is 5.08. The van der Waals surface area contributed by atoms with Gasteiger partial charge in [0.15, 0.2) is 0 Å². The van der Waals surface area contributed by atoms with Gasteiger partial charge in [0, 0.05) is 26.9 Å². The average Bonchev–Trinajstić information content (AvgIpc) is 2.15. The first-order valence-electron chi connectivity index (χ1n) is 4.58. The maximum atomic E-state index is 10.4. The smallest absolute Gasteiger partial charge is 0.328 e. The summed E-state index contributed by atoms with van der Waals surface area (Å²) in [6, 6.07) is 5.52. The Bertz CT molecular complexity index is 432. The van der Waals surface area contributed by atoms with Crippen LogP contribution in [0.25, 0.3) is 0 Å². The van der Waals surface area contributed by atoms with Gasteiger partial charge in [-0.15, -0.1) is 0 Å². The van der Waals surface area contributed by atoms with Gasteiger partial charge in [0.2, 0.25) is 0 Å². The lowest BCUT2D eigenvalue weighted by atomic mass is 10.2. The Morgan fingerprint density at radius 1 is 1.62 bits per heavy atom. The maximum Gasteiger partial charge on any atom is 0.328 e. The molecule has 3 nitrogen and oxygen atoms in total. The second-order valence-corrected chi connectivity index (χ2v) is 4.91. The Hall–Kier alpha value is -0.750. The SMILES string of the molecule is C/C(=C/C(=O)O)CNc1ccc(Cl)cc1I. The molecule has 16 heavy (non-hydrogen) atoms. The molecule has 0 bridgehead atoms. The lowest BCUT2D eigenvalue weighted by Gasteiger charge is -2.08. The summed E-state index contributed by atoms with van der Waals surface area (Å²) >= 11 is 8.00. The average molecular weight is 352 g/mol. The lowest BCUT2D eigenvalue weighted by Crippen LogP contribution is -2.05. The van der Waals surface area contributed by atoms with Crippen molar-refractivity contribution in [3.05, 3.63) is 38.4 Å². The topological polar surface area (TPSA) is 49.3 Å². The number of nitrogens with one attached hydrogen (secondary N) is 1. The molecule has 86 valence electrons. The van der Waals surface area contributed by atoms with Crippen LogP contribution in [0.2, 0.25) is 5.02 Å². The molecular weight excluding hydrogens is 340 g/mol. The number of hydrogen-bond donors (Lipinski definition) is 2. The molecule has 1 aromatic carbocycles. The number of rotatable bonds is 4. The maximum absolute atomic E-state index is 10.4. The summed E-state index contributed by atoms with van der Waals surface area (Å²) in [7, 11) is 0. The molecule has 0 aromatic heterocycles. The third-order valence-electron chi connectivity index (χ3n) is 1.86. The molecule has 0 heterocycles. The Morgan fingerprint density at radius 3 is 2.88 bits per heavy atom. The lowest BCUT2D eigenvalue weighted by molar-refractivity contribution is -0.131. The summed E-state index contributed by atoms with van der Waals surface area (Å²) in [5.74, 6) is -0.926. The number of carbonyl (C=O) groups is 1. The van der Waals surface area contributed by atoms with Crippen LogP contribution >= 0.6 is 34.2 Å². The third kappa shape index (κ3) is 4.40. The molecule has 0 atom stereocenters. The molecule has 0 saturated carbocycles. The Labute approximate surface area is 113 Å². The molecule has 1 aromatic rings. The van der Waals surface area contributed by atoms with E-state index in [1.807, 2.05) is 12.1 Å². The predicted octanol–water partition coefficient (Wildman–Crippen LogP) is 3.39. The predicted molar refractivity (Wildman–Crippen MR) is 74.1 cm³/mol. The minimum atomic E-state index is -0.926. The van der Waals surface area contributed by atoms with Crippen LogP contribution in [0, 0.1) is 3.57 Å². The number of benzene rings is 1. The summed E-state index contributed by atoms with van der Waals surface area (Å²) in [4.78, 5) is 10.4. The van der Waals surface area contributed by atoms with Crippen molar-refractivity contribution in [3.63, 3.8) is 0 Å². The Balaban J connectivity index is 2.65. The summed E-state index contributed by atoms with van der Waals surface area (Å²) in [6.07, 6.45) is 1.19. The van der Waals surface area contributed by atoms with Crippen molar-refractivity contribution in [2.24, 2.45) is 0 Å². The second-order valence-electron chi connectivity index (χ2n) is 3.31. The molecule has 0 spiro atoms. The number of anilines is 1. The number of hydrogen-bond acceptors (Lipinski definition) is 2. The van der Waals surface area contributed by atoms with Gasteiger partial charge in [-0.1, -0.05) is 11.6 Å². The van der Waals surface area contributed by atoms with Crippen LogP contribution in [0.4, 0.5) is 5.69 Å². The molecule has 0 radical (unpaired) electrons. The van der Waals surface area contributed by atoms with Gasteiger partial charge in [-0.05, 0) is 53.3 Å². The number of carboxylic acid groups (broad SMARTS) is 1. The van der Waals surface area contributed by atoms with Gasteiger partial charge >= 0.3 is 5.97 Å². The highest BCUT2D eigenvalue weighted by molar-refractivity contribution is 14.1. The van der Waals surface area contributed by atoms with E-state index in [9.17, 15) is 4.79 Å². The van der Waals surface area contributed by atoms with E-state index < -0.39 is 5.97 Å². The van der Waals surface area contributed by atoms with Crippen molar-refractivity contribution in [1.29, 1.82) is 0 Å². The summed E-state index contributed by atoms with van der Waals surface area (Å²) in [5.41, 5.74) is 1.71. The molecule has 0 unspecified atom stereocenters. The van der Waals surface area contributed by atoms with Crippen LogP contribution in [0.5, 0.6) is 0 Å². The third-order valence-corrected chi connectivity index (χ3v) is 2.99. The van der Waals surface area contributed by atoms with Crippen molar-refractivity contribution in [3.8, 4) is 0 Å². The fourth-order valence-corrected chi connectivity index (χ4v) is 2.19. The molecule has 0 aliphatic heterocycles. The molecule has 0 saturated heterocycles. The molecule has 0 aliphatic rings. The van der Waals surface area contributed by atoms with Crippen molar-refractivity contribution < 1.29 is 9.90 Å². The quantitative estimate of drug-likeness (QED) is 0.646. The van der Waals surface area contributed by atoms with Crippen molar-refractivity contribution >= 4 is 45.8 Å². The fourth-order valence-electron chi connectivity index (χ4n) is 1.13. The molecule has 5 heteroatoms. The van der Waals surface area contributed by atoms with Crippen LogP contribution < -0.4 is 5.32 Å². The molecule has 0 amide bonds. The standard InChI is InChI=1S/C11H11ClINO2/c1-7(4-11(15)16)6-14-10-3-2-8(12)5-9(10)13/h2-5,14H,6H2,1H3,(H,15,16)/b7-4-. The highest BCUT2D eigenvalue weighted by Crippen LogP contribution is 2.22.